The Hall–Kier alpha value is -2.41. The molecule has 0 saturated carbocycles. The van der Waals surface area contributed by atoms with Gasteiger partial charge in [-0.3, -0.25) is 9.59 Å². The van der Waals surface area contributed by atoms with E-state index in [9.17, 15) is 9.59 Å². The Kier molecular flexibility index (Phi) is 6.34. The van der Waals surface area contributed by atoms with Gasteiger partial charge in [0.15, 0.2) is 0 Å². The number of H-pyrrole nitrogens is 1. The number of aromatic amines is 1. The highest BCUT2D eigenvalue weighted by molar-refractivity contribution is 5.95. The van der Waals surface area contributed by atoms with Crippen LogP contribution >= 0.6 is 0 Å². The van der Waals surface area contributed by atoms with Gasteiger partial charge in [-0.2, -0.15) is 0 Å². The molecule has 28 heavy (non-hydrogen) atoms. The first kappa shape index (κ1) is 20.3. The van der Waals surface area contributed by atoms with Crippen LogP contribution in [0.15, 0.2) is 23.3 Å². The summed E-state index contributed by atoms with van der Waals surface area (Å²) in [6.45, 7) is 6.90. The van der Waals surface area contributed by atoms with Crippen molar-refractivity contribution in [2.45, 2.75) is 45.6 Å². The number of nitrogens with zero attached hydrogens (tertiary/aromatic N) is 4. The predicted molar refractivity (Wildman–Crippen MR) is 110 cm³/mol. The van der Waals surface area contributed by atoms with E-state index in [0.717, 1.165) is 49.4 Å². The molecule has 2 aromatic rings. The number of nitrogens with one attached hydrogen (secondary N) is 1. The first-order valence-corrected chi connectivity index (χ1v) is 10.0. The van der Waals surface area contributed by atoms with Gasteiger partial charge < -0.3 is 19.4 Å². The third-order valence-electron chi connectivity index (χ3n) is 5.40. The summed E-state index contributed by atoms with van der Waals surface area (Å²) in [7, 11) is 4.16. The van der Waals surface area contributed by atoms with Crippen molar-refractivity contribution in [2.24, 2.45) is 0 Å². The van der Waals surface area contributed by atoms with Crippen molar-refractivity contribution < 1.29 is 4.79 Å². The summed E-state index contributed by atoms with van der Waals surface area (Å²) in [4.78, 5) is 36.8. The Morgan fingerprint density at radius 3 is 2.86 bits per heavy atom. The fourth-order valence-electron chi connectivity index (χ4n) is 4.08. The number of likely N-dealkylation sites (tertiary alicyclic amines) is 1. The molecule has 1 fully saturated rings. The molecule has 0 aromatic carbocycles. The lowest BCUT2D eigenvalue weighted by atomic mass is 9.96. The van der Waals surface area contributed by atoms with E-state index in [4.69, 9.17) is 0 Å². The third-order valence-corrected chi connectivity index (χ3v) is 5.40. The van der Waals surface area contributed by atoms with Crippen LogP contribution in [0.2, 0.25) is 0 Å². The second-order valence-corrected chi connectivity index (χ2v) is 8.07. The molecule has 3 rings (SSSR count). The average molecular weight is 386 g/mol. The molecule has 1 amide bonds. The summed E-state index contributed by atoms with van der Waals surface area (Å²) in [6.07, 6.45) is 6.87. The minimum Gasteiger partial charge on any atom is -0.338 e. The van der Waals surface area contributed by atoms with Crippen LogP contribution in [-0.2, 0) is 6.54 Å². The van der Waals surface area contributed by atoms with Crippen molar-refractivity contribution in [3.8, 4) is 0 Å². The van der Waals surface area contributed by atoms with E-state index in [0.29, 0.717) is 13.1 Å². The quantitative estimate of drug-likeness (QED) is 0.827. The number of piperidine rings is 1. The molecular weight excluding hydrogens is 354 g/mol. The largest absolute Gasteiger partial charge is 0.338 e. The van der Waals surface area contributed by atoms with E-state index in [-0.39, 0.29) is 22.9 Å². The Morgan fingerprint density at radius 1 is 1.36 bits per heavy atom. The van der Waals surface area contributed by atoms with Gasteiger partial charge in [-0.15, -0.1) is 0 Å². The van der Waals surface area contributed by atoms with Crippen molar-refractivity contribution in [1.29, 1.82) is 0 Å². The van der Waals surface area contributed by atoms with Gasteiger partial charge in [0, 0.05) is 43.6 Å². The smallest absolute Gasteiger partial charge is 0.261 e. The van der Waals surface area contributed by atoms with Crippen molar-refractivity contribution in [1.82, 2.24) is 24.3 Å². The molecule has 7 nitrogen and oxygen atoms in total. The second kappa shape index (κ2) is 8.73. The Bertz CT molecular complexity index is 883. The molecule has 1 N–H and O–H groups in total. The molecule has 1 atom stereocenters. The lowest BCUT2D eigenvalue weighted by Crippen LogP contribution is -2.42. The summed E-state index contributed by atoms with van der Waals surface area (Å²) in [5.41, 5.74) is 1.48. The van der Waals surface area contributed by atoms with Crippen LogP contribution in [0.4, 0.5) is 0 Å². The van der Waals surface area contributed by atoms with E-state index in [1.807, 2.05) is 37.2 Å². The van der Waals surface area contributed by atoms with Crippen LogP contribution in [0.5, 0.6) is 0 Å². The summed E-state index contributed by atoms with van der Waals surface area (Å²) < 4.78 is 2.21. The van der Waals surface area contributed by atoms with Crippen LogP contribution in [0.1, 0.15) is 52.6 Å². The van der Waals surface area contributed by atoms with Gasteiger partial charge >= 0.3 is 0 Å². The number of carbonyl (C=O) groups excluding carboxylic acids is 1. The number of rotatable bonds is 6. The molecule has 1 aliphatic heterocycles. The highest BCUT2D eigenvalue weighted by Gasteiger charge is 2.29. The minimum atomic E-state index is -0.296. The third kappa shape index (κ3) is 4.52. The van der Waals surface area contributed by atoms with E-state index < -0.39 is 0 Å². The van der Waals surface area contributed by atoms with Gasteiger partial charge in [0.1, 0.15) is 11.4 Å². The average Bonchev–Trinajstić information content (AvgIpc) is 3.09. The molecule has 0 bridgehead atoms. The van der Waals surface area contributed by atoms with Crippen molar-refractivity contribution in [2.75, 3.05) is 33.7 Å². The van der Waals surface area contributed by atoms with Crippen LogP contribution in [0.25, 0.3) is 0 Å². The second-order valence-electron chi connectivity index (χ2n) is 8.07. The number of hydrogen-bond acceptors (Lipinski definition) is 4. The first-order chi connectivity index (χ1) is 13.4. The Balaban J connectivity index is 1.74. The van der Waals surface area contributed by atoms with Crippen molar-refractivity contribution in [3.05, 3.63) is 51.5 Å². The SMILES string of the molecule is Cc1cc(C)c(C(=O)N2CCCC(c3nccn3CCCN(C)C)C2)c(=O)[nH]1. The maximum atomic E-state index is 13.1. The monoisotopic (exact) mass is 385 g/mol. The van der Waals surface area contributed by atoms with Crippen LogP contribution in [-0.4, -0.2) is 64.0 Å². The fraction of sp³-hybridized carbons (Fsp3) is 0.571. The summed E-state index contributed by atoms with van der Waals surface area (Å²) in [6, 6.07) is 1.85. The topological polar surface area (TPSA) is 74.2 Å². The molecule has 0 spiro atoms. The molecule has 0 aliphatic carbocycles. The highest BCUT2D eigenvalue weighted by atomic mass is 16.2. The standard InChI is InChI=1S/C21H31N5O2/c1-15-13-16(2)23-20(27)18(15)21(28)26-10-5-7-17(14-26)19-22-8-12-25(19)11-6-9-24(3)4/h8,12-13,17H,5-7,9-11,14H2,1-4H3,(H,23,27). The van der Waals surface area contributed by atoms with E-state index in [1.54, 1.807) is 0 Å². The van der Waals surface area contributed by atoms with Crippen molar-refractivity contribution >= 4 is 5.91 Å². The van der Waals surface area contributed by atoms with Crippen LogP contribution in [0, 0.1) is 13.8 Å². The highest BCUT2D eigenvalue weighted by Crippen LogP contribution is 2.27. The molecule has 7 heteroatoms. The maximum Gasteiger partial charge on any atom is 0.261 e. The number of imidazole rings is 1. The van der Waals surface area contributed by atoms with Gasteiger partial charge in [0.2, 0.25) is 0 Å². The van der Waals surface area contributed by atoms with E-state index >= 15 is 0 Å². The number of carbonyl (C=O) groups is 1. The number of aromatic nitrogens is 3. The Morgan fingerprint density at radius 2 is 2.14 bits per heavy atom. The van der Waals surface area contributed by atoms with Gasteiger partial charge in [0.25, 0.3) is 11.5 Å². The van der Waals surface area contributed by atoms with Gasteiger partial charge in [0.05, 0.1) is 0 Å². The molecule has 3 heterocycles. The normalized spacial score (nSPS) is 17.3. The van der Waals surface area contributed by atoms with Gasteiger partial charge in [-0.05, 0) is 65.4 Å². The molecule has 1 saturated heterocycles. The molecule has 1 unspecified atom stereocenters. The molecule has 1 aliphatic rings. The Labute approximate surface area is 166 Å². The molecule has 2 aromatic heterocycles. The fourth-order valence-corrected chi connectivity index (χ4v) is 4.08. The van der Waals surface area contributed by atoms with Crippen LogP contribution < -0.4 is 5.56 Å². The summed E-state index contributed by atoms with van der Waals surface area (Å²) in [5.74, 6) is 1.08. The zero-order valence-electron chi connectivity index (χ0n) is 17.4. The predicted octanol–water partition coefficient (Wildman–Crippen LogP) is 2.16. The first-order valence-electron chi connectivity index (χ1n) is 10.0. The summed E-state index contributed by atoms with van der Waals surface area (Å²) >= 11 is 0. The minimum absolute atomic E-state index is 0.172. The van der Waals surface area contributed by atoms with Gasteiger partial charge in [-0.25, -0.2) is 4.98 Å². The zero-order chi connectivity index (χ0) is 20.3. The van der Waals surface area contributed by atoms with Gasteiger partial charge in [-0.1, -0.05) is 0 Å². The van der Waals surface area contributed by atoms with E-state index in [1.165, 1.54) is 0 Å². The zero-order valence-corrected chi connectivity index (χ0v) is 17.4. The van der Waals surface area contributed by atoms with Crippen molar-refractivity contribution in [3.63, 3.8) is 0 Å². The number of hydrogen-bond donors (Lipinski definition) is 1. The lowest BCUT2D eigenvalue weighted by Gasteiger charge is -2.33. The van der Waals surface area contributed by atoms with Crippen LogP contribution in [0.3, 0.4) is 0 Å². The lowest BCUT2D eigenvalue weighted by molar-refractivity contribution is 0.0700. The maximum absolute atomic E-state index is 13.1. The molecular formula is C21H31N5O2. The molecule has 152 valence electrons. The number of amides is 1. The summed E-state index contributed by atoms with van der Waals surface area (Å²) in [5, 5.41) is 0. The number of aryl methyl sites for hydroxylation is 3. The van der Waals surface area contributed by atoms with E-state index in [2.05, 4.69) is 33.5 Å². The number of pyridine rings is 1. The molecule has 0 radical (unpaired) electrons.